The Labute approximate surface area is 275 Å². The zero-order valence-corrected chi connectivity index (χ0v) is 29.0. The Hall–Kier alpha value is -3.13. The maximum atomic E-state index is 3.24. The van der Waals surface area contributed by atoms with E-state index >= 15 is 0 Å². The second kappa shape index (κ2) is 17.2. The Kier molecular flexibility index (Phi) is 13.1. The molecule has 0 spiro atoms. The molecule has 0 atom stereocenters. The van der Waals surface area contributed by atoms with Crippen molar-refractivity contribution in [2.45, 2.75) is 13.8 Å². The van der Waals surface area contributed by atoms with Crippen LogP contribution in [0.15, 0.2) is 158 Å². The minimum Gasteiger partial charge on any atom is -0.226 e. The number of benzene rings is 6. The molecule has 6 rings (SSSR count). The van der Waals surface area contributed by atoms with Gasteiger partial charge in [0, 0.05) is 0 Å². The summed E-state index contributed by atoms with van der Waals surface area (Å²) < 4.78 is 0. The van der Waals surface area contributed by atoms with Gasteiger partial charge in [0.05, 0.1) is 37.1 Å². The van der Waals surface area contributed by atoms with Crippen molar-refractivity contribution in [1.82, 2.24) is 0 Å². The average molecular weight is 776 g/mol. The van der Waals surface area contributed by atoms with Crippen LogP contribution in [-0.4, -0.2) is 12.3 Å². The van der Waals surface area contributed by atoms with Gasteiger partial charge in [0.25, 0.3) is 0 Å². The van der Waals surface area contributed by atoms with E-state index in [4.69, 9.17) is 0 Å². The molecule has 0 aromatic heterocycles. The first-order valence-electron chi connectivity index (χ1n) is 14.6. The molecular weight excluding hydrogens is 737 g/mol. The summed E-state index contributed by atoms with van der Waals surface area (Å²) in [5, 5.41) is 6.06. The van der Waals surface area contributed by atoms with Gasteiger partial charge >= 0.3 is 21.1 Å². The van der Waals surface area contributed by atoms with Crippen molar-refractivity contribution >= 4 is 37.1 Å². The molecule has 0 aliphatic rings. The van der Waals surface area contributed by atoms with E-state index < -0.39 is 15.8 Å². The molecule has 43 heavy (non-hydrogen) atoms. The summed E-state index contributed by atoms with van der Waals surface area (Å²) in [7, 11) is -1.57. The molecule has 0 radical (unpaired) electrons. The molecule has 0 aliphatic heterocycles. The number of hydrogen-bond acceptors (Lipinski definition) is 0. The van der Waals surface area contributed by atoms with Crippen LogP contribution in [0.1, 0.15) is 11.1 Å². The van der Waals surface area contributed by atoms with Gasteiger partial charge in [-0.2, -0.15) is 48.5 Å². The molecule has 216 valence electrons. The second-order valence-corrected chi connectivity index (χ2v) is 15.7. The zero-order valence-electron chi connectivity index (χ0n) is 24.7. The maximum absolute atomic E-state index is 3.24. The summed E-state index contributed by atoms with van der Waals surface area (Å²) in [5.74, 6) is 0. The topological polar surface area (TPSA) is 0 Å². The Bertz CT molecular complexity index is 1400. The zero-order chi connectivity index (χ0) is 29.0. The van der Waals surface area contributed by atoms with Gasteiger partial charge in [-0.15, -0.1) is 11.1 Å². The SMILES string of the molecule is Cc1c[c-]c(-c2[c-]cc(C)cc2)cc1.[Pt+2].c1ccc([PH+](CC[PH+](c2ccccc2)c2ccccc2)c2ccccc2)cc1. The van der Waals surface area contributed by atoms with Crippen molar-refractivity contribution in [2.24, 2.45) is 0 Å². The summed E-state index contributed by atoms with van der Waals surface area (Å²) in [6.45, 7) is 4.14. The normalized spacial score (nSPS) is 10.5. The summed E-state index contributed by atoms with van der Waals surface area (Å²) in [6, 6.07) is 63.3. The van der Waals surface area contributed by atoms with Crippen LogP contribution in [0.5, 0.6) is 0 Å². The Morgan fingerprint density at radius 3 is 0.907 bits per heavy atom. The predicted octanol–water partition coefficient (Wildman–Crippen LogP) is 8.29. The minimum atomic E-state index is -0.783. The van der Waals surface area contributed by atoms with Crippen molar-refractivity contribution in [1.29, 1.82) is 0 Å². The number of aryl methyl sites for hydroxylation is 2. The van der Waals surface area contributed by atoms with Gasteiger partial charge in [0.15, 0.2) is 0 Å². The summed E-state index contributed by atoms with van der Waals surface area (Å²) in [5.41, 5.74) is 4.69. The molecule has 3 heteroatoms. The first-order valence-corrected chi connectivity index (χ1v) is 18.0. The molecule has 0 saturated heterocycles. The summed E-state index contributed by atoms with van der Waals surface area (Å²) in [6.07, 6.45) is 2.52. The van der Waals surface area contributed by atoms with Gasteiger partial charge < -0.3 is 0 Å². The van der Waals surface area contributed by atoms with E-state index in [1.54, 1.807) is 0 Å². The molecule has 0 aliphatic carbocycles. The molecule has 0 amide bonds. The van der Waals surface area contributed by atoms with Crippen LogP contribution in [0.3, 0.4) is 0 Å². The minimum absolute atomic E-state index is 0. The fourth-order valence-corrected chi connectivity index (χ4v) is 11.3. The van der Waals surface area contributed by atoms with E-state index in [9.17, 15) is 0 Å². The third-order valence-electron chi connectivity index (χ3n) is 7.34. The molecule has 0 saturated carbocycles. The van der Waals surface area contributed by atoms with E-state index in [0.29, 0.717) is 0 Å². The quantitative estimate of drug-likeness (QED) is 0.108. The van der Waals surface area contributed by atoms with Crippen LogP contribution in [0, 0.1) is 26.0 Å². The fourth-order valence-electron chi connectivity index (χ4n) is 5.06. The first kappa shape index (κ1) is 32.8. The Morgan fingerprint density at radius 2 is 0.674 bits per heavy atom. The van der Waals surface area contributed by atoms with Gasteiger partial charge in [-0.25, -0.2) is 11.1 Å². The first-order chi connectivity index (χ1) is 20.7. The average Bonchev–Trinajstić information content (AvgIpc) is 3.06. The second-order valence-electron chi connectivity index (χ2n) is 10.5. The van der Waals surface area contributed by atoms with Crippen molar-refractivity contribution in [2.75, 3.05) is 12.3 Å². The van der Waals surface area contributed by atoms with Gasteiger partial charge in [0.1, 0.15) is 12.3 Å². The standard InChI is InChI=1S/C26H24P2.C14H12.Pt/c1-5-13-23(14-6-1)27(24-15-7-2-8-16-24)21-22-28(25-17-9-3-10-18-25)26-19-11-4-12-20-26;1-11-3-7-13(8-4-11)14-9-5-12(2)6-10-14;/h1-20H,21-22H2;3-7,9H,1-2H3;/q;-2;+2/p+2. The largest absolute Gasteiger partial charge is 2.00 e. The van der Waals surface area contributed by atoms with E-state index in [1.807, 2.05) is 12.1 Å². The van der Waals surface area contributed by atoms with E-state index in [1.165, 1.54) is 44.7 Å². The van der Waals surface area contributed by atoms with Crippen molar-refractivity contribution in [3.05, 3.63) is 181 Å². The van der Waals surface area contributed by atoms with Crippen LogP contribution in [0.2, 0.25) is 0 Å². The van der Waals surface area contributed by atoms with Crippen LogP contribution >= 0.6 is 15.8 Å². The molecule has 0 nitrogen and oxygen atoms in total. The predicted molar refractivity (Wildman–Crippen MR) is 190 cm³/mol. The van der Waals surface area contributed by atoms with Gasteiger partial charge in [-0.3, -0.25) is 0 Å². The number of hydrogen-bond donors (Lipinski definition) is 0. The summed E-state index contributed by atoms with van der Waals surface area (Å²) in [4.78, 5) is 0. The van der Waals surface area contributed by atoms with E-state index in [2.05, 4.69) is 172 Å². The monoisotopic (exact) mass is 775 g/mol. The molecule has 6 aromatic rings. The third kappa shape index (κ3) is 9.68. The van der Waals surface area contributed by atoms with Crippen LogP contribution in [0.25, 0.3) is 11.1 Å². The molecule has 6 aromatic carbocycles. The smallest absolute Gasteiger partial charge is 0.226 e. The van der Waals surface area contributed by atoms with Crippen molar-refractivity contribution in [3.63, 3.8) is 0 Å². The van der Waals surface area contributed by atoms with Crippen LogP contribution < -0.4 is 21.2 Å². The molecule has 0 fully saturated rings. The fraction of sp³-hybridized carbons (Fsp3) is 0.100. The van der Waals surface area contributed by atoms with E-state index in [0.717, 1.165) is 11.1 Å². The Morgan fingerprint density at radius 1 is 0.395 bits per heavy atom. The van der Waals surface area contributed by atoms with Gasteiger partial charge in [0.2, 0.25) is 0 Å². The molecular formula is C40H38P2Pt+2. The maximum Gasteiger partial charge on any atom is 2.00 e. The van der Waals surface area contributed by atoms with Crippen molar-refractivity contribution in [3.8, 4) is 11.1 Å². The van der Waals surface area contributed by atoms with Crippen LogP contribution in [-0.2, 0) is 21.1 Å². The van der Waals surface area contributed by atoms with Gasteiger partial charge in [-0.05, 0) is 48.5 Å². The Balaban J connectivity index is 0.000000238. The van der Waals surface area contributed by atoms with E-state index in [-0.39, 0.29) is 21.1 Å². The molecule has 0 unspecified atom stereocenters. The molecule has 0 bridgehead atoms. The summed E-state index contributed by atoms with van der Waals surface area (Å²) >= 11 is 0. The molecule has 0 heterocycles. The van der Waals surface area contributed by atoms with Crippen LogP contribution in [0.4, 0.5) is 0 Å². The molecule has 0 N–H and O–H groups in total. The number of rotatable bonds is 8. The third-order valence-corrected chi connectivity index (χ3v) is 13.5. The van der Waals surface area contributed by atoms with Gasteiger partial charge in [-0.1, -0.05) is 86.6 Å². The van der Waals surface area contributed by atoms with Crippen molar-refractivity contribution < 1.29 is 21.1 Å².